The molecule has 3 heterocycles. The standard InChI is InChI=1S/C33H58N4O20/c1-12(43)34-15(7-38)23(47)28(16(46)8-39)55-31-20(35-13(2)44)25(49)29(18(10-41)53-31)56-32-21(36-14(3)45)26(50)30(19(11-42)54-32)57-33-22(37(4,5)6)27(51)24(48)17(9-40)52-33/h7,15-33,39-42,46-51H,8-11H2,1-6H3,(H2-,34,35,36,43,44,45)/p+1/t15-,16-,17-,18-,19-,20-,21-,22-,23-,24-,25-,26-,27-,28-,29-,30-,31+,32+,33-/m1/s1. The summed E-state index contributed by atoms with van der Waals surface area (Å²) in [5, 5.41) is 114. The number of hydrogen-bond acceptors (Lipinski definition) is 20. The van der Waals surface area contributed by atoms with E-state index in [9.17, 15) is 70.2 Å². The van der Waals surface area contributed by atoms with Gasteiger partial charge in [0.1, 0.15) is 97.7 Å². The van der Waals surface area contributed by atoms with Crippen LogP contribution in [0.5, 0.6) is 0 Å². The molecule has 24 nitrogen and oxygen atoms in total. The van der Waals surface area contributed by atoms with Crippen molar-refractivity contribution in [1.82, 2.24) is 16.0 Å². The molecule has 3 amide bonds. The third kappa shape index (κ3) is 11.8. The van der Waals surface area contributed by atoms with Crippen LogP contribution in [0.15, 0.2) is 0 Å². The van der Waals surface area contributed by atoms with Crippen molar-refractivity contribution in [2.45, 2.75) is 137 Å². The van der Waals surface area contributed by atoms with Crippen LogP contribution in [0.25, 0.3) is 0 Å². The highest BCUT2D eigenvalue weighted by molar-refractivity contribution is 5.77. The third-order valence-corrected chi connectivity index (χ3v) is 9.85. The van der Waals surface area contributed by atoms with Crippen molar-refractivity contribution in [3.05, 3.63) is 0 Å². The highest BCUT2D eigenvalue weighted by atomic mass is 16.8. The monoisotopic (exact) mass is 831 g/mol. The SMILES string of the molecule is CC(=O)N[C@H]1[C@H](O[C@@H]([C@H](O)[C@@H](C=O)NC(C)=O)[C@H](O)CO)O[C@H](CO)[C@@H](O[C@@H]2O[C@H](CO)[C@@H](O[C@H]3O[C@H](CO)[C@@H](O)[C@H](O)[C@H]3[N+](C)(C)C)[C@H](O)[C@H]2NC(C)=O)[C@@H]1O. The molecule has 3 saturated heterocycles. The number of carbonyl (C=O) groups is 4. The van der Waals surface area contributed by atoms with Gasteiger partial charge >= 0.3 is 0 Å². The molecule has 0 aromatic heterocycles. The Balaban J connectivity index is 1.96. The van der Waals surface area contributed by atoms with Gasteiger partial charge in [-0.15, -0.1) is 0 Å². The summed E-state index contributed by atoms with van der Waals surface area (Å²) in [5.74, 6) is -2.25. The summed E-state index contributed by atoms with van der Waals surface area (Å²) in [4.78, 5) is 48.1. The van der Waals surface area contributed by atoms with Gasteiger partial charge < -0.3 is 105 Å². The van der Waals surface area contributed by atoms with Gasteiger partial charge in [-0.25, -0.2) is 0 Å². The Bertz CT molecular complexity index is 1330. The van der Waals surface area contributed by atoms with Gasteiger partial charge in [-0.1, -0.05) is 0 Å². The van der Waals surface area contributed by atoms with Gasteiger partial charge in [0.25, 0.3) is 0 Å². The quantitative estimate of drug-likeness (QED) is 0.0450. The van der Waals surface area contributed by atoms with Crippen LogP contribution in [0.3, 0.4) is 0 Å². The molecule has 0 radical (unpaired) electrons. The second-order valence-corrected chi connectivity index (χ2v) is 15.1. The summed E-state index contributed by atoms with van der Waals surface area (Å²) in [7, 11) is 4.97. The first-order valence-corrected chi connectivity index (χ1v) is 18.2. The molecule has 3 aliphatic heterocycles. The minimum absolute atomic E-state index is 0.0523. The summed E-state index contributed by atoms with van der Waals surface area (Å²) in [6.07, 6.45) is -25.3. The number of aliphatic hydroxyl groups excluding tert-OH is 10. The van der Waals surface area contributed by atoms with Crippen molar-refractivity contribution in [2.24, 2.45) is 0 Å². The maximum absolute atomic E-state index is 12.4. The number of nitrogens with zero attached hydrogens (tertiary/aromatic N) is 1. The number of aliphatic hydroxyl groups is 10. The second-order valence-electron chi connectivity index (χ2n) is 15.1. The molecule has 19 atom stereocenters. The summed E-state index contributed by atoms with van der Waals surface area (Å²) < 4.78 is 35.4. The molecule has 330 valence electrons. The van der Waals surface area contributed by atoms with E-state index in [0.717, 1.165) is 20.8 Å². The fourth-order valence-electron chi connectivity index (χ4n) is 7.09. The van der Waals surface area contributed by atoms with Crippen LogP contribution < -0.4 is 16.0 Å². The van der Waals surface area contributed by atoms with E-state index >= 15 is 0 Å². The number of likely N-dealkylation sites (N-methyl/N-ethyl adjacent to an activating group) is 1. The molecule has 0 aromatic rings. The number of ether oxygens (including phenoxy) is 6. The Morgan fingerprint density at radius 3 is 1.56 bits per heavy atom. The van der Waals surface area contributed by atoms with Crippen molar-refractivity contribution >= 4 is 24.0 Å². The summed E-state index contributed by atoms with van der Waals surface area (Å²) in [6, 6.07) is -5.94. The second kappa shape index (κ2) is 21.1. The molecule has 0 spiro atoms. The van der Waals surface area contributed by atoms with Gasteiger partial charge in [-0.2, -0.15) is 0 Å². The normalized spacial score (nSPS) is 38.3. The average Bonchev–Trinajstić information content (AvgIpc) is 3.13. The lowest BCUT2D eigenvalue weighted by Crippen LogP contribution is -2.72. The van der Waals surface area contributed by atoms with Gasteiger partial charge in [0.05, 0.1) is 47.6 Å². The fourth-order valence-corrected chi connectivity index (χ4v) is 7.09. The molecule has 0 unspecified atom stereocenters. The van der Waals surface area contributed by atoms with Gasteiger partial charge in [-0.3, -0.25) is 14.4 Å². The Kier molecular flexibility index (Phi) is 18.0. The zero-order chi connectivity index (χ0) is 43.1. The van der Waals surface area contributed by atoms with E-state index < -0.39 is 160 Å². The Morgan fingerprint density at radius 2 is 1.14 bits per heavy atom. The molecule has 0 saturated carbocycles. The number of nitrogens with one attached hydrogen (secondary N) is 3. The molecule has 0 aliphatic carbocycles. The van der Waals surface area contributed by atoms with E-state index in [4.69, 9.17) is 28.4 Å². The van der Waals surface area contributed by atoms with Crippen LogP contribution in [0.2, 0.25) is 0 Å². The van der Waals surface area contributed by atoms with Crippen molar-refractivity contribution in [3.8, 4) is 0 Å². The largest absolute Gasteiger partial charge is 0.394 e. The molecule has 3 fully saturated rings. The maximum atomic E-state index is 12.4. The van der Waals surface area contributed by atoms with Crippen LogP contribution >= 0.6 is 0 Å². The highest BCUT2D eigenvalue weighted by Gasteiger charge is 2.57. The van der Waals surface area contributed by atoms with Crippen molar-refractivity contribution in [1.29, 1.82) is 0 Å². The van der Waals surface area contributed by atoms with Gasteiger partial charge in [0.2, 0.25) is 24.0 Å². The van der Waals surface area contributed by atoms with Crippen molar-refractivity contribution in [3.63, 3.8) is 0 Å². The van der Waals surface area contributed by atoms with E-state index in [1.54, 1.807) is 21.1 Å². The zero-order valence-electron chi connectivity index (χ0n) is 32.4. The minimum atomic E-state index is -2.03. The lowest BCUT2D eigenvalue weighted by Gasteiger charge is -2.51. The number of hydrogen-bond donors (Lipinski definition) is 13. The average molecular weight is 832 g/mol. The number of carbonyl (C=O) groups excluding carboxylic acids is 4. The fraction of sp³-hybridized carbons (Fsp3) is 0.879. The van der Waals surface area contributed by atoms with Crippen LogP contribution in [-0.4, -0.2) is 243 Å². The van der Waals surface area contributed by atoms with E-state index in [1.807, 2.05) is 0 Å². The topological polar surface area (TPSA) is 362 Å². The minimum Gasteiger partial charge on any atom is -0.394 e. The van der Waals surface area contributed by atoms with E-state index in [2.05, 4.69) is 16.0 Å². The molecule has 13 N–H and O–H groups in total. The van der Waals surface area contributed by atoms with Crippen LogP contribution in [0.1, 0.15) is 20.8 Å². The lowest BCUT2D eigenvalue weighted by molar-refractivity contribution is -0.910. The van der Waals surface area contributed by atoms with E-state index in [-0.39, 0.29) is 10.8 Å². The number of quaternary nitrogens is 1. The maximum Gasteiger partial charge on any atom is 0.217 e. The number of amides is 3. The third-order valence-electron chi connectivity index (χ3n) is 9.85. The van der Waals surface area contributed by atoms with E-state index in [1.165, 1.54) is 0 Å². The molecule has 24 heteroatoms. The first-order valence-electron chi connectivity index (χ1n) is 18.2. The van der Waals surface area contributed by atoms with Crippen LogP contribution in [0.4, 0.5) is 0 Å². The van der Waals surface area contributed by atoms with Crippen molar-refractivity contribution in [2.75, 3.05) is 47.6 Å². The molecule has 57 heavy (non-hydrogen) atoms. The molecule has 3 aliphatic rings. The van der Waals surface area contributed by atoms with Crippen molar-refractivity contribution < 1.29 is 103 Å². The number of aldehydes is 1. The van der Waals surface area contributed by atoms with Crippen LogP contribution in [-0.2, 0) is 47.6 Å². The van der Waals surface area contributed by atoms with Crippen LogP contribution in [0, 0.1) is 0 Å². The van der Waals surface area contributed by atoms with Gasteiger partial charge in [0.15, 0.2) is 18.6 Å². The Morgan fingerprint density at radius 1 is 0.684 bits per heavy atom. The molecular formula is C33H59N4O20+. The first kappa shape index (κ1) is 48.8. The molecule has 3 rings (SSSR count). The Labute approximate surface area is 327 Å². The van der Waals surface area contributed by atoms with Gasteiger partial charge in [0, 0.05) is 20.8 Å². The van der Waals surface area contributed by atoms with Gasteiger partial charge in [-0.05, 0) is 0 Å². The zero-order valence-corrected chi connectivity index (χ0v) is 32.4. The summed E-state index contributed by atoms with van der Waals surface area (Å²) in [6.45, 7) is -0.392. The molecule has 0 aromatic carbocycles. The highest BCUT2D eigenvalue weighted by Crippen LogP contribution is 2.35. The smallest absolute Gasteiger partial charge is 0.217 e. The molecular weight excluding hydrogens is 772 g/mol. The predicted octanol–water partition coefficient (Wildman–Crippen LogP) is -8.76. The summed E-state index contributed by atoms with van der Waals surface area (Å²) >= 11 is 0. The Hall–Kier alpha value is -2.60. The summed E-state index contributed by atoms with van der Waals surface area (Å²) in [5.41, 5.74) is 0. The number of rotatable bonds is 18. The lowest BCUT2D eigenvalue weighted by atomic mass is 9.93. The molecule has 0 bridgehead atoms. The first-order chi connectivity index (χ1) is 26.6. The predicted molar refractivity (Wildman–Crippen MR) is 186 cm³/mol. The van der Waals surface area contributed by atoms with E-state index in [0.29, 0.717) is 0 Å².